The van der Waals surface area contributed by atoms with Gasteiger partial charge in [-0.1, -0.05) is 189 Å². The third kappa shape index (κ3) is 23.1. The molecule has 0 radical (unpaired) electrons. The number of aliphatic hydroxyl groups is 1. The fourth-order valence-corrected chi connectivity index (χ4v) is 17.9. The van der Waals surface area contributed by atoms with Gasteiger partial charge in [0.1, 0.15) is 16.4 Å². The van der Waals surface area contributed by atoms with E-state index >= 15 is 0 Å². The summed E-state index contributed by atoms with van der Waals surface area (Å²) in [6, 6.07) is 111. The number of anilines is 5. The van der Waals surface area contributed by atoms with Crippen LogP contribution in [0, 0.1) is 0 Å². The number of fused-ring (bicyclic) bond motifs is 1. The second kappa shape index (κ2) is 43.2. The molecule has 9 aromatic carbocycles. The Labute approximate surface area is 730 Å². The van der Waals surface area contributed by atoms with Gasteiger partial charge in [-0.05, 0) is 103 Å². The number of hydrogen-bond donors (Lipinski definition) is 5. The first-order valence-corrected chi connectivity index (χ1v) is 43.9. The molecule has 0 bridgehead atoms. The maximum absolute atomic E-state index is 12.5. The molecule has 21 heteroatoms. The number of unbranched alkanes of at least 4 members (excludes halogenated alkanes) is 1. The van der Waals surface area contributed by atoms with Gasteiger partial charge in [0.05, 0.1) is 59.3 Å². The normalized spacial score (nSPS) is 13.4. The topological polar surface area (TPSA) is 230 Å². The molecule has 19 rings (SSSR count). The number of oxazole rings is 1. The molecule has 2 aliphatic heterocycles. The summed E-state index contributed by atoms with van der Waals surface area (Å²) in [5.74, 6) is 1.23. The standard InChI is InChI=1S/C21H18N4.C21H17N3O.C21H17N3S.C21H17N3Se.C18H20N2O2S/c1-3-8-16(9-4-1)20-19(15-23-18-11-5-2-6-12-18)24-21(25-20)17-10-7-13-22-14-17;3*1-3-8-16(9-4-1)20-19(15-23-18-11-5-2-6-12-18)25-21(24-20)17-10-7-13-22-14-17;1-2-3-12-20-16-10-5-4-8-14(16)18(22,23-20)13-17(21)15-9-6-7-11-19-15/h1-14,21,23H,15H2;3*1-14,23H,15H2;4-11,22H,2-3,12-13H2,1H3. The molecule has 8 aromatic heterocycles. The summed E-state index contributed by atoms with van der Waals surface area (Å²) in [5, 5.41) is 26.0. The van der Waals surface area contributed by atoms with Crippen LogP contribution in [-0.4, -0.2) is 89.8 Å². The third-order valence-electron chi connectivity index (χ3n) is 19.6. The second-order valence-corrected chi connectivity index (χ2v) is 33.0. The number of nitrogens with one attached hydrogen (secondary N) is 4. The Morgan fingerprint density at radius 3 is 1.47 bits per heavy atom. The number of carbonyl (C=O) groups excluding carboxylic acids is 1. The van der Waals surface area contributed by atoms with Crippen molar-refractivity contribution in [2.45, 2.75) is 56.9 Å². The number of para-hydroxylation sites is 5. The quantitative estimate of drug-likeness (QED) is 0.0193. The minimum atomic E-state index is -1.22. The van der Waals surface area contributed by atoms with Crippen molar-refractivity contribution in [3.63, 3.8) is 0 Å². The molecule has 0 saturated heterocycles. The minimum Gasteiger partial charge on any atom is -0.439 e. The molecule has 2 aliphatic rings. The van der Waals surface area contributed by atoms with Crippen LogP contribution in [-0.2, 0) is 24.6 Å². The molecule has 0 fully saturated rings. The third-order valence-corrected chi connectivity index (χ3v) is 24.3. The van der Waals surface area contributed by atoms with Crippen LogP contribution in [0.3, 0.4) is 0 Å². The average Bonchev–Trinajstić information content (AvgIpc) is 1.61. The van der Waals surface area contributed by atoms with Crippen LogP contribution in [0.15, 0.2) is 404 Å². The van der Waals surface area contributed by atoms with Gasteiger partial charge in [-0.2, -0.15) is 0 Å². The molecule has 2 unspecified atom stereocenters. The smallest absolute Gasteiger partial charge is 0.228 e. The zero-order valence-corrected chi connectivity index (χ0v) is 70.9. The Morgan fingerprint density at radius 2 is 0.927 bits per heavy atom. The van der Waals surface area contributed by atoms with Gasteiger partial charge < -0.3 is 29.8 Å². The molecular formula is C102H89N15O3S2Se. The summed E-state index contributed by atoms with van der Waals surface area (Å²) < 4.78 is 10.7. The van der Waals surface area contributed by atoms with E-state index in [2.05, 4.69) is 142 Å². The van der Waals surface area contributed by atoms with Gasteiger partial charge in [0.15, 0.2) is 22.6 Å². The van der Waals surface area contributed by atoms with E-state index in [1.54, 1.807) is 66.7 Å². The summed E-state index contributed by atoms with van der Waals surface area (Å²) in [5.41, 5.74) is 19.9. The molecule has 10 heterocycles. The summed E-state index contributed by atoms with van der Waals surface area (Å²) in [4.78, 5) is 57.6. The molecule has 2 atom stereocenters. The SMILES string of the molecule is CCCCN1SC(O)(CC(=O)c2ccccn2)c2ccccc21.c1ccc(NCC2=NC(c3cccnc3)N=C2c2ccccc2)cc1.c1ccc(NCc2[se]c(-c3cccnc3)nc2-c2ccccc2)cc1.c1ccc(NCc2oc(-c3cccnc3)nc2-c2ccccc2)cc1.c1ccc(NCc2sc(-c3cccnc3)nc2-c2ccccc2)cc1. The number of thiazole rings is 1. The van der Waals surface area contributed by atoms with Crippen LogP contribution in [0.2, 0.25) is 0 Å². The molecule has 608 valence electrons. The summed E-state index contributed by atoms with van der Waals surface area (Å²) >= 11 is 3.25. The van der Waals surface area contributed by atoms with E-state index < -0.39 is 4.93 Å². The van der Waals surface area contributed by atoms with E-state index in [1.807, 2.05) is 249 Å². The van der Waals surface area contributed by atoms with Gasteiger partial charge in [0.25, 0.3) is 0 Å². The van der Waals surface area contributed by atoms with Gasteiger partial charge >= 0.3 is 153 Å². The van der Waals surface area contributed by atoms with E-state index in [1.165, 1.54) is 26.8 Å². The fraction of sp³-hybridized carbons (Fsp3) is 0.108. The number of ketones is 1. The Bertz CT molecular complexity index is 5760. The van der Waals surface area contributed by atoms with Crippen molar-refractivity contribution in [2.75, 3.05) is 38.7 Å². The maximum atomic E-state index is 12.5. The number of Topliss-reactive ketones (excluding diaryl/α,β-unsaturated/α-hetero) is 1. The largest absolute Gasteiger partial charge is 0.439 e. The molecule has 0 aliphatic carbocycles. The Kier molecular flexibility index (Phi) is 29.4. The van der Waals surface area contributed by atoms with Crippen LogP contribution in [0.4, 0.5) is 28.4 Å². The number of carbonyl (C=O) groups is 1. The van der Waals surface area contributed by atoms with Crippen molar-refractivity contribution in [1.82, 2.24) is 39.9 Å². The molecule has 0 spiro atoms. The van der Waals surface area contributed by atoms with Crippen molar-refractivity contribution in [1.29, 1.82) is 0 Å². The van der Waals surface area contributed by atoms with E-state index in [4.69, 9.17) is 29.4 Å². The zero-order valence-electron chi connectivity index (χ0n) is 67.6. The minimum absolute atomic E-state index is 0.0221. The predicted molar refractivity (Wildman–Crippen MR) is 503 cm³/mol. The molecule has 5 N–H and O–H groups in total. The van der Waals surface area contributed by atoms with E-state index in [0.29, 0.717) is 24.7 Å². The van der Waals surface area contributed by atoms with E-state index in [9.17, 15) is 9.90 Å². The monoisotopic (exact) mass is 1720 g/mol. The number of benzene rings is 9. The zero-order chi connectivity index (χ0) is 83.9. The molecule has 18 nitrogen and oxygen atoms in total. The van der Waals surface area contributed by atoms with Gasteiger partial charge in [0.2, 0.25) is 5.89 Å². The Morgan fingerprint density at radius 1 is 0.447 bits per heavy atom. The maximum Gasteiger partial charge on any atom is 0.228 e. The Hall–Kier alpha value is -14.2. The molecule has 0 saturated carbocycles. The van der Waals surface area contributed by atoms with Crippen molar-refractivity contribution in [2.24, 2.45) is 9.98 Å². The molecular weight excluding hydrogens is 1630 g/mol. The van der Waals surface area contributed by atoms with Crippen molar-refractivity contribution in [3.8, 4) is 65.9 Å². The summed E-state index contributed by atoms with van der Waals surface area (Å²) in [6.07, 6.45) is 18.0. The number of pyridine rings is 5. The fourth-order valence-electron chi connectivity index (χ4n) is 13.5. The molecule has 17 aromatic rings. The van der Waals surface area contributed by atoms with Gasteiger partial charge in [-0.3, -0.25) is 34.7 Å². The second-order valence-electron chi connectivity index (χ2n) is 28.3. The first-order chi connectivity index (χ1) is 60.7. The van der Waals surface area contributed by atoms with Crippen LogP contribution in [0.5, 0.6) is 0 Å². The van der Waals surface area contributed by atoms with Crippen LogP contribution < -0.4 is 25.6 Å². The summed E-state index contributed by atoms with van der Waals surface area (Å²) in [6.45, 7) is 5.74. The number of nitrogens with zero attached hydrogens (tertiary/aromatic N) is 11. The first kappa shape index (κ1) is 83.9. The van der Waals surface area contributed by atoms with Crippen LogP contribution in [0.25, 0.3) is 65.9 Å². The number of hydrogen-bond acceptors (Lipinski definition) is 20. The van der Waals surface area contributed by atoms with E-state index in [-0.39, 0.29) is 32.9 Å². The average molecular weight is 1720 g/mol. The van der Waals surface area contributed by atoms with E-state index in [0.717, 1.165) is 149 Å². The first-order valence-electron chi connectivity index (χ1n) is 40.6. The number of rotatable bonds is 26. The van der Waals surface area contributed by atoms with Crippen molar-refractivity contribution >= 4 is 83.4 Å². The van der Waals surface area contributed by atoms with Gasteiger partial charge in [-0.25, -0.2) is 9.97 Å². The number of aliphatic imine (C=N–C) groups is 2. The predicted octanol–water partition coefficient (Wildman–Crippen LogP) is 22.9. The summed E-state index contributed by atoms with van der Waals surface area (Å²) in [7, 11) is 0. The van der Waals surface area contributed by atoms with Crippen LogP contribution in [0.1, 0.15) is 74.6 Å². The number of aromatic nitrogens is 8. The molecule has 123 heavy (non-hydrogen) atoms. The van der Waals surface area contributed by atoms with Crippen molar-refractivity contribution < 1.29 is 14.3 Å². The van der Waals surface area contributed by atoms with Crippen molar-refractivity contribution in [3.05, 3.63) is 427 Å². The van der Waals surface area contributed by atoms with Gasteiger partial charge in [-0.15, -0.1) is 11.3 Å². The molecule has 0 amide bonds. The van der Waals surface area contributed by atoms with Crippen LogP contribution >= 0.6 is 23.3 Å². The Balaban J connectivity index is 0.000000119. The van der Waals surface area contributed by atoms with Gasteiger partial charge in [0, 0.05) is 100 Å².